The van der Waals surface area contributed by atoms with Gasteiger partial charge in [-0.2, -0.15) is 0 Å². The second-order valence-corrected chi connectivity index (χ2v) is 8.72. The molecular formula is C27H30FN3O2. The molecule has 3 aromatic rings. The Morgan fingerprint density at radius 1 is 0.848 bits per heavy atom. The summed E-state index contributed by atoms with van der Waals surface area (Å²) >= 11 is 0. The van der Waals surface area contributed by atoms with Gasteiger partial charge in [0.1, 0.15) is 11.4 Å². The first-order valence-corrected chi connectivity index (χ1v) is 10.8. The van der Waals surface area contributed by atoms with Gasteiger partial charge in [-0.05, 0) is 61.4 Å². The highest BCUT2D eigenvalue weighted by molar-refractivity contribution is 6.00. The Balaban J connectivity index is 1.84. The summed E-state index contributed by atoms with van der Waals surface area (Å²) in [5, 5.41) is 2.93. The summed E-state index contributed by atoms with van der Waals surface area (Å²) in [5.41, 5.74) is 2.12. The number of nitrogens with one attached hydrogen (secondary N) is 1. The Hall–Kier alpha value is -3.67. The normalized spacial score (nSPS) is 11.1. The highest BCUT2D eigenvalue weighted by Gasteiger charge is 2.37. The van der Waals surface area contributed by atoms with Crippen LogP contribution < -0.4 is 10.2 Å². The number of rotatable bonds is 8. The highest BCUT2D eigenvalue weighted by Crippen LogP contribution is 2.24. The topological polar surface area (TPSA) is 52.7 Å². The van der Waals surface area contributed by atoms with Crippen LogP contribution in [-0.2, 0) is 22.6 Å². The second-order valence-electron chi connectivity index (χ2n) is 8.72. The average molecular weight is 448 g/mol. The quantitative estimate of drug-likeness (QED) is 0.536. The molecule has 0 heterocycles. The first-order chi connectivity index (χ1) is 15.7. The van der Waals surface area contributed by atoms with Gasteiger partial charge in [-0.3, -0.25) is 9.59 Å². The van der Waals surface area contributed by atoms with Crippen molar-refractivity contribution in [3.05, 3.63) is 95.8 Å². The predicted molar refractivity (Wildman–Crippen MR) is 131 cm³/mol. The molecule has 0 aromatic heterocycles. The molecule has 3 rings (SSSR count). The molecule has 172 valence electrons. The Morgan fingerprint density at radius 2 is 1.45 bits per heavy atom. The molecule has 0 fully saturated rings. The van der Waals surface area contributed by atoms with Crippen LogP contribution in [0.5, 0.6) is 0 Å². The summed E-state index contributed by atoms with van der Waals surface area (Å²) in [6, 6.07) is 22.9. The van der Waals surface area contributed by atoms with Crippen molar-refractivity contribution in [2.45, 2.75) is 32.4 Å². The fourth-order valence-corrected chi connectivity index (χ4v) is 3.49. The third kappa shape index (κ3) is 6.19. The maximum atomic E-state index is 13.4. The van der Waals surface area contributed by atoms with Crippen molar-refractivity contribution in [1.29, 1.82) is 0 Å². The van der Waals surface area contributed by atoms with Crippen LogP contribution in [0.3, 0.4) is 0 Å². The number of nitrogens with zero attached hydrogens (tertiary/aromatic N) is 2. The zero-order valence-electron chi connectivity index (χ0n) is 19.5. The molecule has 2 amide bonds. The Morgan fingerprint density at radius 3 is 2.03 bits per heavy atom. The molecule has 0 spiro atoms. The van der Waals surface area contributed by atoms with Crippen LogP contribution in [-0.4, -0.2) is 36.3 Å². The zero-order valence-corrected chi connectivity index (χ0v) is 19.5. The van der Waals surface area contributed by atoms with E-state index < -0.39 is 5.54 Å². The van der Waals surface area contributed by atoms with Crippen LogP contribution >= 0.6 is 0 Å². The molecule has 0 aliphatic rings. The fourth-order valence-electron chi connectivity index (χ4n) is 3.49. The molecule has 0 saturated heterocycles. The maximum absolute atomic E-state index is 13.4. The molecule has 0 bridgehead atoms. The van der Waals surface area contributed by atoms with Crippen LogP contribution in [0.1, 0.15) is 25.0 Å². The van der Waals surface area contributed by atoms with Gasteiger partial charge in [0.25, 0.3) is 0 Å². The summed E-state index contributed by atoms with van der Waals surface area (Å²) in [5.74, 6) is -0.837. The van der Waals surface area contributed by atoms with Crippen molar-refractivity contribution in [3.8, 4) is 0 Å². The molecule has 5 nitrogen and oxygen atoms in total. The third-order valence-corrected chi connectivity index (χ3v) is 5.63. The van der Waals surface area contributed by atoms with Gasteiger partial charge in [0.05, 0.1) is 6.42 Å². The molecular weight excluding hydrogens is 417 g/mol. The van der Waals surface area contributed by atoms with E-state index in [1.54, 1.807) is 30.9 Å². The molecule has 1 N–H and O–H groups in total. The van der Waals surface area contributed by atoms with E-state index >= 15 is 0 Å². The predicted octanol–water partition coefficient (Wildman–Crippen LogP) is 4.88. The van der Waals surface area contributed by atoms with Gasteiger partial charge >= 0.3 is 0 Å². The third-order valence-electron chi connectivity index (χ3n) is 5.63. The monoisotopic (exact) mass is 447 g/mol. The molecule has 0 radical (unpaired) electrons. The smallest absolute Gasteiger partial charge is 0.249 e. The van der Waals surface area contributed by atoms with Crippen molar-refractivity contribution >= 4 is 23.2 Å². The van der Waals surface area contributed by atoms with Crippen LogP contribution in [0.4, 0.5) is 15.8 Å². The van der Waals surface area contributed by atoms with E-state index in [1.165, 1.54) is 12.1 Å². The van der Waals surface area contributed by atoms with Crippen LogP contribution in [0.15, 0.2) is 78.9 Å². The number of anilines is 2. The lowest BCUT2D eigenvalue weighted by Gasteiger charge is -2.37. The van der Waals surface area contributed by atoms with Gasteiger partial charge < -0.3 is 15.1 Å². The van der Waals surface area contributed by atoms with Gasteiger partial charge in [-0.25, -0.2) is 4.39 Å². The minimum Gasteiger partial charge on any atom is -0.378 e. The van der Waals surface area contributed by atoms with Gasteiger partial charge in [-0.1, -0.05) is 42.5 Å². The molecule has 6 heteroatoms. The van der Waals surface area contributed by atoms with Gasteiger partial charge in [0.15, 0.2) is 0 Å². The van der Waals surface area contributed by atoms with Gasteiger partial charge in [0.2, 0.25) is 11.8 Å². The summed E-state index contributed by atoms with van der Waals surface area (Å²) in [4.78, 5) is 30.2. The van der Waals surface area contributed by atoms with E-state index in [2.05, 4.69) is 5.32 Å². The van der Waals surface area contributed by atoms with Crippen molar-refractivity contribution < 1.29 is 14.0 Å². The number of hydrogen-bond acceptors (Lipinski definition) is 3. The lowest BCUT2D eigenvalue weighted by Crippen LogP contribution is -2.55. The maximum Gasteiger partial charge on any atom is 0.249 e. The summed E-state index contributed by atoms with van der Waals surface area (Å²) < 4.78 is 13.4. The zero-order chi connectivity index (χ0) is 24.0. The van der Waals surface area contributed by atoms with Crippen LogP contribution in [0.2, 0.25) is 0 Å². The van der Waals surface area contributed by atoms with Crippen LogP contribution in [0, 0.1) is 5.82 Å². The van der Waals surface area contributed by atoms with Gasteiger partial charge in [0, 0.05) is 32.0 Å². The molecule has 0 unspecified atom stereocenters. The minimum atomic E-state index is -1.15. The number of benzene rings is 3. The molecule has 33 heavy (non-hydrogen) atoms. The molecule has 3 aromatic carbocycles. The summed E-state index contributed by atoms with van der Waals surface area (Å²) in [6.45, 7) is 3.64. The Kier molecular flexibility index (Phi) is 7.48. The SMILES string of the molecule is CN(C)c1ccc(NC(=O)C(C)(C)N(Cc2ccc(F)cc2)C(=O)Cc2ccccc2)cc1. The van der Waals surface area contributed by atoms with Gasteiger partial charge in [-0.15, -0.1) is 0 Å². The summed E-state index contributed by atoms with van der Waals surface area (Å²) in [6.07, 6.45) is 0.163. The van der Waals surface area contributed by atoms with Crippen molar-refractivity contribution in [2.24, 2.45) is 0 Å². The highest BCUT2D eigenvalue weighted by atomic mass is 19.1. The Labute approximate surface area is 194 Å². The van der Waals surface area contributed by atoms with Crippen molar-refractivity contribution in [1.82, 2.24) is 4.90 Å². The van der Waals surface area contributed by atoms with Crippen molar-refractivity contribution in [2.75, 3.05) is 24.3 Å². The molecule has 0 aliphatic heterocycles. The number of carbonyl (C=O) groups excluding carboxylic acids is 2. The summed E-state index contributed by atoms with van der Waals surface area (Å²) in [7, 11) is 3.89. The first kappa shape index (κ1) is 24.0. The molecule has 0 saturated carbocycles. The molecule has 0 aliphatic carbocycles. The fraction of sp³-hybridized carbons (Fsp3) is 0.259. The van der Waals surface area contributed by atoms with Crippen molar-refractivity contribution in [3.63, 3.8) is 0 Å². The standard InChI is InChI=1S/C27H30FN3O2/c1-27(2,26(33)29-23-14-16-24(17-15-23)30(3)4)31(19-21-10-12-22(28)13-11-21)25(32)18-20-8-6-5-7-9-20/h5-17H,18-19H2,1-4H3,(H,29,33). The lowest BCUT2D eigenvalue weighted by atomic mass is 9.98. The first-order valence-electron chi connectivity index (χ1n) is 10.8. The lowest BCUT2D eigenvalue weighted by molar-refractivity contribution is -0.144. The Bertz CT molecular complexity index is 1080. The van der Waals surface area contributed by atoms with E-state index in [-0.39, 0.29) is 30.6 Å². The number of carbonyl (C=O) groups is 2. The van der Waals surface area contributed by atoms with E-state index in [1.807, 2.05) is 73.6 Å². The second kappa shape index (κ2) is 10.3. The number of halogens is 1. The largest absolute Gasteiger partial charge is 0.378 e. The molecule has 0 atom stereocenters. The van der Waals surface area contributed by atoms with Crippen LogP contribution in [0.25, 0.3) is 0 Å². The minimum absolute atomic E-state index is 0.163. The van der Waals surface area contributed by atoms with E-state index in [0.717, 1.165) is 16.8 Å². The average Bonchev–Trinajstić information content (AvgIpc) is 2.79. The number of amides is 2. The van der Waals surface area contributed by atoms with E-state index in [9.17, 15) is 14.0 Å². The number of hydrogen-bond donors (Lipinski definition) is 1. The van der Waals surface area contributed by atoms with E-state index in [0.29, 0.717) is 5.69 Å². The van der Waals surface area contributed by atoms with E-state index in [4.69, 9.17) is 0 Å².